The number of nitrogens with one attached hydrogen (secondary N) is 1. The van der Waals surface area contributed by atoms with Gasteiger partial charge in [-0.05, 0) is 44.0 Å². The summed E-state index contributed by atoms with van der Waals surface area (Å²) in [6, 6.07) is 10.8. The molecule has 4 rings (SSSR count). The highest BCUT2D eigenvalue weighted by molar-refractivity contribution is 7.07. The standard InChI is InChI=1S/C25H25ClN2O6S/c1-2-32-24(30)13-23-28(15-22(29)27-14-17-6-5-11-33-17)25(31)21(35-23)12-16-9-10-20(34-16)18-7-3-4-8-19(18)26/h3-4,7-10,12-13,17H,2,5-6,11,14-15H2,1H3,(H,27,29)/b21-12?,23-13+/t17-/m1/s1. The predicted molar refractivity (Wildman–Crippen MR) is 134 cm³/mol. The van der Waals surface area contributed by atoms with Crippen molar-refractivity contribution in [2.45, 2.75) is 32.4 Å². The topological polar surface area (TPSA) is 99.8 Å². The lowest BCUT2D eigenvalue weighted by atomic mass is 10.2. The van der Waals surface area contributed by atoms with E-state index in [2.05, 4.69) is 5.32 Å². The smallest absolute Gasteiger partial charge is 0.333 e. The first-order valence-electron chi connectivity index (χ1n) is 11.3. The number of thiazole rings is 1. The average Bonchev–Trinajstić information content (AvgIpc) is 3.57. The van der Waals surface area contributed by atoms with Gasteiger partial charge in [-0.25, -0.2) is 4.79 Å². The number of ether oxygens (including phenoxy) is 2. The van der Waals surface area contributed by atoms with Gasteiger partial charge in [0.15, 0.2) is 0 Å². The summed E-state index contributed by atoms with van der Waals surface area (Å²) < 4.78 is 18.3. The third-order valence-corrected chi connectivity index (χ3v) is 6.75. The van der Waals surface area contributed by atoms with E-state index in [4.69, 9.17) is 25.5 Å². The molecule has 0 unspecified atom stereocenters. The molecule has 0 saturated carbocycles. The zero-order chi connectivity index (χ0) is 24.8. The summed E-state index contributed by atoms with van der Waals surface area (Å²) in [5, 5.41) is 3.35. The van der Waals surface area contributed by atoms with Crippen LogP contribution >= 0.6 is 22.9 Å². The number of halogens is 1. The Kier molecular flexibility index (Phi) is 8.22. The van der Waals surface area contributed by atoms with Crippen LogP contribution in [0, 0.1) is 0 Å². The predicted octanol–water partition coefficient (Wildman–Crippen LogP) is 2.29. The minimum absolute atomic E-state index is 0.0149. The van der Waals surface area contributed by atoms with Gasteiger partial charge in [0.05, 0.1) is 28.3 Å². The van der Waals surface area contributed by atoms with Gasteiger partial charge in [-0.3, -0.25) is 14.2 Å². The molecule has 8 nitrogen and oxygen atoms in total. The van der Waals surface area contributed by atoms with Gasteiger partial charge >= 0.3 is 5.97 Å². The highest BCUT2D eigenvalue weighted by atomic mass is 35.5. The van der Waals surface area contributed by atoms with Crippen molar-refractivity contribution in [2.24, 2.45) is 0 Å². The van der Waals surface area contributed by atoms with Crippen LogP contribution in [0.3, 0.4) is 0 Å². The number of amides is 1. The molecule has 0 bridgehead atoms. The van der Waals surface area contributed by atoms with Gasteiger partial charge in [-0.1, -0.05) is 23.7 Å². The molecule has 10 heteroatoms. The molecular weight excluding hydrogens is 492 g/mol. The summed E-state index contributed by atoms with van der Waals surface area (Å²) in [6.45, 7) is 2.73. The maximum atomic E-state index is 13.2. The van der Waals surface area contributed by atoms with Crippen molar-refractivity contribution in [1.82, 2.24) is 9.88 Å². The molecule has 1 aromatic carbocycles. The Morgan fingerprint density at radius 1 is 1.29 bits per heavy atom. The maximum absolute atomic E-state index is 13.2. The molecule has 1 saturated heterocycles. The molecule has 1 aliphatic rings. The van der Waals surface area contributed by atoms with Gasteiger partial charge in [0.2, 0.25) is 5.91 Å². The van der Waals surface area contributed by atoms with Gasteiger partial charge < -0.3 is 19.2 Å². The lowest BCUT2D eigenvalue weighted by Crippen LogP contribution is -2.40. The van der Waals surface area contributed by atoms with Crippen molar-refractivity contribution in [1.29, 1.82) is 0 Å². The Morgan fingerprint density at radius 3 is 2.86 bits per heavy atom. The van der Waals surface area contributed by atoms with Crippen molar-refractivity contribution in [3.8, 4) is 11.3 Å². The van der Waals surface area contributed by atoms with Crippen LogP contribution in [0.25, 0.3) is 23.5 Å². The van der Waals surface area contributed by atoms with E-state index in [1.54, 1.807) is 31.2 Å². The minimum atomic E-state index is -0.590. The first-order chi connectivity index (χ1) is 16.9. The lowest BCUT2D eigenvalue weighted by molar-refractivity contribution is -0.135. The van der Waals surface area contributed by atoms with Gasteiger partial charge in [-0.2, -0.15) is 0 Å². The number of benzene rings is 1. The van der Waals surface area contributed by atoms with Crippen molar-refractivity contribution in [3.63, 3.8) is 0 Å². The fourth-order valence-corrected chi connectivity index (χ4v) is 4.92. The zero-order valence-electron chi connectivity index (χ0n) is 19.1. The van der Waals surface area contributed by atoms with E-state index < -0.39 is 11.5 Å². The molecule has 35 heavy (non-hydrogen) atoms. The third-order valence-electron chi connectivity index (χ3n) is 5.36. The number of hydrogen-bond donors (Lipinski definition) is 1. The minimum Gasteiger partial charge on any atom is -0.463 e. The number of hydrogen-bond acceptors (Lipinski definition) is 7. The zero-order valence-corrected chi connectivity index (χ0v) is 20.7. The summed E-state index contributed by atoms with van der Waals surface area (Å²) in [5.74, 6) is 0.0683. The van der Waals surface area contributed by atoms with Crippen LogP contribution in [0.1, 0.15) is 25.5 Å². The highest BCUT2D eigenvalue weighted by Crippen LogP contribution is 2.29. The molecule has 3 aromatic rings. The summed E-state index contributed by atoms with van der Waals surface area (Å²) in [7, 11) is 0. The van der Waals surface area contributed by atoms with Crippen molar-refractivity contribution >= 4 is 47.0 Å². The maximum Gasteiger partial charge on any atom is 0.333 e. The largest absolute Gasteiger partial charge is 0.463 e. The Bertz CT molecular complexity index is 1380. The number of nitrogens with zero attached hydrogens (tertiary/aromatic N) is 1. The second-order valence-corrected chi connectivity index (χ2v) is 9.33. The second kappa shape index (κ2) is 11.5. The third kappa shape index (κ3) is 6.30. The monoisotopic (exact) mass is 516 g/mol. The second-order valence-electron chi connectivity index (χ2n) is 7.86. The first kappa shape index (κ1) is 25.0. The molecule has 1 fully saturated rings. The SMILES string of the molecule is CCOC(=O)/C=c1/sc(=Cc2ccc(-c3ccccc3Cl)o2)c(=O)n1CC(=O)NC[C@H]1CCCO1. The van der Waals surface area contributed by atoms with Crippen molar-refractivity contribution in [2.75, 3.05) is 19.8 Å². The number of aromatic nitrogens is 1. The van der Waals surface area contributed by atoms with Crippen LogP contribution < -0.4 is 20.1 Å². The Hall–Kier alpha value is -3.14. The summed E-state index contributed by atoms with van der Waals surface area (Å²) >= 11 is 7.33. The molecule has 2 aromatic heterocycles. The fraction of sp³-hybridized carbons (Fsp3) is 0.320. The number of carbonyl (C=O) groups excluding carboxylic acids is 2. The Balaban J connectivity index is 1.64. The van der Waals surface area contributed by atoms with Gasteiger partial charge in [-0.15, -0.1) is 11.3 Å². The number of furan rings is 1. The van der Waals surface area contributed by atoms with Crippen LogP contribution in [0.15, 0.2) is 45.6 Å². The fourth-order valence-electron chi connectivity index (χ4n) is 3.68. The van der Waals surface area contributed by atoms with Crippen LogP contribution in [0.5, 0.6) is 0 Å². The summed E-state index contributed by atoms with van der Waals surface area (Å²) in [4.78, 5) is 37.8. The van der Waals surface area contributed by atoms with E-state index in [1.807, 2.05) is 18.2 Å². The summed E-state index contributed by atoms with van der Waals surface area (Å²) in [6.07, 6.45) is 4.64. The summed E-state index contributed by atoms with van der Waals surface area (Å²) in [5.41, 5.74) is 0.324. The van der Waals surface area contributed by atoms with E-state index in [0.29, 0.717) is 38.9 Å². The van der Waals surface area contributed by atoms with Gasteiger partial charge in [0, 0.05) is 24.8 Å². The highest BCUT2D eigenvalue weighted by Gasteiger charge is 2.17. The first-order valence-corrected chi connectivity index (χ1v) is 12.5. The Labute approximate surface area is 210 Å². The molecule has 184 valence electrons. The van der Waals surface area contributed by atoms with E-state index in [1.165, 1.54) is 10.6 Å². The van der Waals surface area contributed by atoms with Crippen LogP contribution in [-0.2, 0) is 25.6 Å². The molecule has 0 aliphatic carbocycles. The number of rotatable bonds is 8. The normalized spacial score (nSPS) is 16.6. The number of carbonyl (C=O) groups is 2. The van der Waals surface area contributed by atoms with Crippen LogP contribution in [0.4, 0.5) is 0 Å². The Morgan fingerprint density at radius 2 is 2.11 bits per heavy atom. The van der Waals surface area contributed by atoms with E-state index in [9.17, 15) is 14.4 Å². The van der Waals surface area contributed by atoms with E-state index in [0.717, 1.165) is 29.7 Å². The molecule has 0 spiro atoms. The molecule has 1 aliphatic heterocycles. The molecule has 1 amide bonds. The van der Waals surface area contributed by atoms with Crippen LogP contribution in [-0.4, -0.2) is 42.3 Å². The molecule has 0 radical (unpaired) electrons. The van der Waals surface area contributed by atoms with Crippen LogP contribution in [0.2, 0.25) is 5.02 Å². The molecule has 1 N–H and O–H groups in total. The van der Waals surface area contributed by atoms with Gasteiger partial charge in [0.1, 0.15) is 22.7 Å². The average molecular weight is 517 g/mol. The number of esters is 1. The quantitative estimate of drug-likeness (QED) is 0.461. The van der Waals surface area contributed by atoms with E-state index >= 15 is 0 Å². The lowest BCUT2D eigenvalue weighted by Gasteiger charge is -2.10. The molecular formula is C25H25ClN2O6S. The van der Waals surface area contributed by atoms with E-state index in [-0.39, 0.29) is 25.2 Å². The van der Waals surface area contributed by atoms with Gasteiger partial charge in [0.25, 0.3) is 5.56 Å². The molecule has 3 heterocycles. The molecule has 1 atom stereocenters. The van der Waals surface area contributed by atoms with Crippen molar-refractivity contribution < 1.29 is 23.5 Å². The van der Waals surface area contributed by atoms with Crippen molar-refractivity contribution in [3.05, 3.63) is 66.7 Å².